The Morgan fingerprint density at radius 3 is 1.48 bits per heavy atom. The molecule has 4 saturated heterocycles. The summed E-state index contributed by atoms with van der Waals surface area (Å²) in [6, 6.07) is 45.9. The van der Waals surface area contributed by atoms with Crippen molar-refractivity contribution in [3.8, 4) is 56.4 Å². The van der Waals surface area contributed by atoms with Crippen LogP contribution in [-0.4, -0.2) is 155 Å². The largest absolute Gasteiger partial charge is 0.545 e. The lowest BCUT2D eigenvalue weighted by Gasteiger charge is -2.40. The molecule has 26 heteroatoms. The molecule has 6 heterocycles. The van der Waals surface area contributed by atoms with E-state index in [4.69, 9.17) is 27.9 Å². The van der Waals surface area contributed by atoms with E-state index in [0.29, 0.717) is 93.4 Å². The fourth-order valence-electron chi connectivity index (χ4n) is 13.3. The van der Waals surface area contributed by atoms with Crippen LogP contribution in [0.4, 0.5) is 34.1 Å². The van der Waals surface area contributed by atoms with E-state index in [1.54, 1.807) is 61.6 Å². The first-order valence-electron chi connectivity index (χ1n) is 32.8. The number of amides is 2. The molecule has 0 saturated carbocycles. The summed E-state index contributed by atoms with van der Waals surface area (Å²) in [7, 11) is 1.56. The molecule has 2 aliphatic carbocycles. The van der Waals surface area contributed by atoms with Crippen LogP contribution in [0.15, 0.2) is 167 Å². The SMILES string of the molecule is CN(CC(=O)O)c1ccc(NC(=O)C2C[N+](=c3ccc4c(-c5ccccc5C(=O)[O-])c5ccc(N6CCC6)cc5oc-4c3)C2)cc1OCCOc1cc(NC(=O)C2CN(c3ccc4c(-c5ccccc5C(=O)[O-])c5ccc(=[N+]6CCC6)cc-5oc4c3)C2)ccc1N(CC(=O)O)CC(=O)O.O=C=O. The minimum atomic E-state index is -1.31. The van der Waals surface area contributed by atoms with Gasteiger partial charge in [-0.05, 0) is 78.2 Å². The molecule has 0 aromatic heterocycles. The number of benzene rings is 8. The Morgan fingerprint density at radius 2 is 1.01 bits per heavy atom. The Labute approximate surface area is 580 Å². The second kappa shape index (κ2) is 28.9. The van der Waals surface area contributed by atoms with Gasteiger partial charge in [0, 0.05) is 137 Å². The van der Waals surface area contributed by atoms with Crippen LogP contribution in [0.25, 0.3) is 66.8 Å². The molecule has 5 N–H and O–H groups in total. The fraction of sp³-hybridized carbons (Fsp3) is 0.237. The van der Waals surface area contributed by atoms with Crippen molar-refractivity contribution in [2.75, 3.05) is 122 Å². The van der Waals surface area contributed by atoms with Gasteiger partial charge >= 0.3 is 24.1 Å². The number of anilines is 6. The van der Waals surface area contributed by atoms with Gasteiger partial charge in [0.05, 0.1) is 47.8 Å². The number of likely N-dealkylation sites (N-methyl/N-ethyl adjacent to an activating group) is 1. The highest BCUT2D eigenvalue weighted by Crippen LogP contribution is 2.45. The van der Waals surface area contributed by atoms with Crippen LogP contribution < -0.4 is 69.8 Å². The van der Waals surface area contributed by atoms with Crippen LogP contribution in [-0.2, 0) is 33.6 Å². The van der Waals surface area contributed by atoms with Crippen LogP contribution in [0.5, 0.6) is 11.5 Å². The third-order valence-corrected chi connectivity index (χ3v) is 18.7. The van der Waals surface area contributed by atoms with Crippen molar-refractivity contribution in [1.29, 1.82) is 0 Å². The van der Waals surface area contributed by atoms with Gasteiger partial charge in [-0.2, -0.15) is 9.59 Å². The molecule has 102 heavy (non-hydrogen) atoms. The van der Waals surface area contributed by atoms with Gasteiger partial charge in [0.15, 0.2) is 19.0 Å². The van der Waals surface area contributed by atoms with Crippen molar-refractivity contribution < 1.29 is 87.0 Å². The molecule has 6 aliphatic heterocycles. The topological polar surface area (TPSA) is 348 Å². The quantitative estimate of drug-likeness (QED) is 0.0307. The third kappa shape index (κ3) is 14.1. The van der Waals surface area contributed by atoms with Crippen LogP contribution in [0.1, 0.15) is 33.6 Å². The van der Waals surface area contributed by atoms with Crippen molar-refractivity contribution in [3.63, 3.8) is 0 Å². The van der Waals surface area contributed by atoms with Crippen molar-refractivity contribution in [3.05, 3.63) is 180 Å². The number of aliphatic carboxylic acids is 3. The van der Waals surface area contributed by atoms with Gasteiger partial charge in [0.1, 0.15) is 80.1 Å². The first kappa shape index (κ1) is 67.7. The number of nitrogens with zero attached hydrogens (tertiary/aromatic N) is 6. The molecule has 6 aromatic carbocycles. The van der Waals surface area contributed by atoms with Crippen molar-refractivity contribution in [2.24, 2.45) is 11.8 Å². The average molecular weight is 1380 g/mol. The zero-order chi connectivity index (χ0) is 71.5. The lowest BCUT2D eigenvalue weighted by molar-refractivity contribution is -0.256. The van der Waals surface area contributed by atoms with Gasteiger partial charge < -0.3 is 83.7 Å². The highest BCUT2D eigenvalue weighted by atomic mass is 16.5. The molecular weight excluding hydrogens is 1310 g/mol. The van der Waals surface area contributed by atoms with E-state index in [1.165, 1.54) is 35.2 Å². The van der Waals surface area contributed by atoms with Crippen LogP contribution in [0, 0.1) is 11.8 Å². The summed E-state index contributed by atoms with van der Waals surface area (Å²) in [5.41, 5.74) is 7.85. The Bertz CT molecular complexity index is 5130. The summed E-state index contributed by atoms with van der Waals surface area (Å²) in [4.78, 5) is 112. The van der Waals surface area contributed by atoms with Gasteiger partial charge in [-0.3, -0.25) is 24.0 Å². The van der Waals surface area contributed by atoms with Crippen molar-refractivity contribution >= 4 is 104 Å². The second-order valence-corrected chi connectivity index (χ2v) is 25.2. The van der Waals surface area contributed by atoms with Gasteiger partial charge in [0.25, 0.3) is 0 Å². The van der Waals surface area contributed by atoms with E-state index in [1.807, 2.05) is 82.3 Å². The van der Waals surface area contributed by atoms with Crippen molar-refractivity contribution in [1.82, 2.24) is 9.15 Å². The smallest absolute Gasteiger partial charge is 0.373 e. The third-order valence-electron chi connectivity index (χ3n) is 18.7. The zero-order valence-electron chi connectivity index (χ0n) is 54.9. The van der Waals surface area contributed by atoms with E-state index in [0.717, 1.165) is 77.0 Å². The predicted molar refractivity (Wildman–Crippen MR) is 370 cm³/mol. The molecule has 0 radical (unpaired) electrons. The summed E-state index contributed by atoms with van der Waals surface area (Å²) in [5.74, 6) is -6.60. The maximum absolute atomic E-state index is 14.0. The minimum Gasteiger partial charge on any atom is -0.545 e. The number of carboxylic acid groups (broad SMARTS) is 5. The van der Waals surface area contributed by atoms with Crippen LogP contribution >= 0.6 is 0 Å². The Kier molecular flexibility index (Phi) is 19.2. The fourth-order valence-corrected chi connectivity index (χ4v) is 13.3. The summed E-state index contributed by atoms with van der Waals surface area (Å²) in [6.45, 7) is 2.76. The summed E-state index contributed by atoms with van der Waals surface area (Å²) in [6.07, 6.45) is 2.41. The monoisotopic (exact) mass is 1380 g/mol. The van der Waals surface area contributed by atoms with E-state index in [-0.39, 0.29) is 65.2 Å². The van der Waals surface area contributed by atoms with E-state index in [2.05, 4.69) is 20.1 Å². The Hall–Kier alpha value is -12.8. The molecule has 6 aromatic rings. The standard InChI is InChI=1S/C75H66N8O16.CO2/c1-78(40-67(84)85)59-22-12-45(76-72(90)43-36-81(37-43)49-16-20-57-63(34-49)98-61-32-47(79-24-6-25-79)14-18-55(61)70(57)51-8-2-4-10-53(51)74(92)93)30-65(59)96-28-29-97-66-31-46(13-23-60(66)83(41-68(86)87)42-69(88)89)77-73(91)44-38-82(39-44)50-17-21-58-64(35-50)99-62-33-48(80-26-7-27-80)15-19-56(62)71(58)52-9-3-5-11-54(52)75(94)95;2-1-3/h2-5,8-23,30-35,43-44H,6-7,24-29,36-42H2,1H3,(H5-2,76,77,84,85,86,87,88,89,90,91,92,93,94,95);. The lowest BCUT2D eigenvalue weighted by Crippen LogP contribution is -2.53. The highest BCUT2D eigenvalue weighted by Gasteiger charge is 2.39. The van der Waals surface area contributed by atoms with Gasteiger partial charge in [-0.15, -0.1) is 0 Å². The number of carbonyl (C=O) groups excluding carboxylic acids is 6. The number of aromatic carboxylic acids is 2. The molecule has 26 nitrogen and oxygen atoms in total. The number of rotatable bonds is 23. The second-order valence-electron chi connectivity index (χ2n) is 25.2. The molecule has 4 fully saturated rings. The Morgan fingerprint density at radius 1 is 0.539 bits per heavy atom. The summed E-state index contributed by atoms with van der Waals surface area (Å²) in [5, 5.41) is 63.5. The molecule has 8 aliphatic rings. The molecule has 14 rings (SSSR count). The number of ether oxygens (including phenoxy) is 2. The number of nitrogens with one attached hydrogen (secondary N) is 2. The first-order valence-corrected chi connectivity index (χ1v) is 32.8. The minimum absolute atomic E-state index is 0.0192. The summed E-state index contributed by atoms with van der Waals surface area (Å²) < 4.78 is 30.0. The Balaban J connectivity index is 0.00000304. The molecular formula is C76H66N8O18. The first-order chi connectivity index (χ1) is 49.3. The molecule has 0 spiro atoms. The summed E-state index contributed by atoms with van der Waals surface area (Å²) >= 11 is 0. The number of carbonyl (C=O) groups is 7. The molecule has 2 amide bonds. The normalized spacial score (nSPS) is 14.6. The molecule has 518 valence electrons. The highest BCUT2D eigenvalue weighted by molar-refractivity contribution is 6.09. The average Bonchev–Trinajstić information content (AvgIpc) is 0.746. The lowest BCUT2D eigenvalue weighted by atomic mass is 9.90. The van der Waals surface area contributed by atoms with Gasteiger partial charge in [-0.25, -0.2) is 9.15 Å². The molecule has 0 bridgehead atoms. The van der Waals surface area contributed by atoms with Crippen molar-refractivity contribution in [2.45, 2.75) is 12.8 Å². The number of fused-ring (bicyclic) bond motifs is 4. The number of hydrogen-bond acceptors (Lipinski definition) is 19. The van der Waals surface area contributed by atoms with E-state index < -0.39 is 61.3 Å². The van der Waals surface area contributed by atoms with Gasteiger partial charge in [0.2, 0.25) is 22.5 Å². The zero-order valence-corrected chi connectivity index (χ0v) is 54.9. The molecule has 0 atom stereocenters. The van der Waals surface area contributed by atoms with Crippen LogP contribution in [0.3, 0.4) is 0 Å². The number of carboxylic acids is 5. The predicted octanol–water partition coefficient (Wildman–Crippen LogP) is 5.32. The van der Waals surface area contributed by atoms with E-state index in [9.17, 15) is 59.1 Å². The van der Waals surface area contributed by atoms with Gasteiger partial charge in [-0.1, -0.05) is 48.5 Å². The van der Waals surface area contributed by atoms with Crippen LogP contribution in [0.2, 0.25) is 0 Å². The maximum Gasteiger partial charge on any atom is 0.373 e. The van der Waals surface area contributed by atoms with E-state index >= 15 is 0 Å². The number of hydrogen-bond donors (Lipinski definition) is 5. The maximum atomic E-state index is 14.0. The molecule has 0 unspecified atom stereocenters.